The Kier molecular flexibility index (Phi) is 8.79. The van der Waals surface area contributed by atoms with Gasteiger partial charge in [0.05, 0.1) is 16.9 Å². The predicted octanol–water partition coefficient (Wildman–Crippen LogP) is 15.5. The molecule has 0 saturated heterocycles. The fraction of sp³-hybridized carbons (Fsp3) is 0.0690. The Morgan fingerprint density at radius 2 is 1.16 bits per heavy atom. The average Bonchev–Trinajstić information content (AvgIpc) is 3.86. The third kappa shape index (κ3) is 6.26. The smallest absolute Gasteiger partial charge is 0.160 e. The first-order chi connectivity index (χ1) is 30.6. The van der Waals surface area contributed by atoms with Gasteiger partial charge in [0.1, 0.15) is 0 Å². The summed E-state index contributed by atoms with van der Waals surface area (Å²) in [5.74, 6) is 0.889. The van der Waals surface area contributed by atoms with Crippen molar-refractivity contribution in [2.75, 3.05) is 0 Å². The van der Waals surface area contributed by atoms with E-state index in [0.717, 1.165) is 46.9 Å². The molecule has 0 bridgehead atoms. The Bertz CT molecular complexity index is 3640. The monoisotopic (exact) mass is 811 g/mol. The first-order valence-corrected chi connectivity index (χ1v) is 22.3. The third-order valence-electron chi connectivity index (χ3n) is 12.7. The van der Waals surface area contributed by atoms with Crippen molar-refractivity contribution in [2.24, 2.45) is 15.9 Å². The summed E-state index contributed by atoms with van der Waals surface area (Å²) in [4.78, 5) is 11.3. The Morgan fingerprint density at radius 1 is 0.516 bits per heavy atom. The highest BCUT2D eigenvalue weighted by atomic mass is 32.1. The Morgan fingerprint density at radius 3 is 1.98 bits per heavy atom. The van der Waals surface area contributed by atoms with Crippen molar-refractivity contribution in [3.8, 4) is 11.1 Å². The molecule has 1 aliphatic heterocycles. The van der Waals surface area contributed by atoms with Crippen molar-refractivity contribution in [1.29, 1.82) is 0 Å². The molecular formula is C58H41N3S. The summed E-state index contributed by atoms with van der Waals surface area (Å²) in [5.41, 5.74) is 11.4. The topological polar surface area (TPSA) is 29.6 Å². The highest BCUT2D eigenvalue weighted by Gasteiger charge is 2.23. The van der Waals surface area contributed by atoms with E-state index in [4.69, 9.17) is 9.98 Å². The van der Waals surface area contributed by atoms with Gasteiger partial charge in [0.2, 0.25) is 0 Å². The van der Waals surface area contributed by atoms with E-state index < -0.39 is 0 Å². The molecule has 0 aliphatic carbocycles. The van der Waals surface area contributed by atoms with Gasteiger partial charge in [0.25, 0.3) is 0 Å². The normalized spacial score (nSPS) is 15.5. The van der Waals surface area contributed by atoms with Crippen LogP contribution >= 0.6 is 11.3 Å². The maximum Gasteiger partial charge on any atom is 0.160 e. The average molecular weight is 812 g/mol. The van der Waals surface area contributed by atoms with E-state index in [9.17, 15) is 0 Å². The van der Waals surface area contributed by atoms with Crippen LogP contribution in [0.3, 0.4) is 0 Å². The zero-order chi connectivity index (χ0) is 41.1. The number of hydrogen-bond acceptors (Lipinski definition) is 3. The van der Waals surface area contributed by atoms with Gasteiger partial charge in [-0.05, 0) is 80.6 Å². The number of fused-ring (bicyclic) bond motifs is 8. The number of aliphatic imine (C=N–C) groups is 2. The number of rotatable bonds is 6. The molecule has 0 amide bonds. The maximum absolute atomic E-state index is 5.68. The molecule has 4 heteroatoms. The van der Waals surface area contributed by atoms with E-state index in [-0.39, 0.29) is 5.92 Å². The van der Waals surface area contributed by atoms with Crippen LogP contribution in [0.25, 0.3) is 80.3 Å². The number of allylic oxidation sites excluding steroid dienone is 1. The second-order valence-corrected chi connectivity index (χ2v) is 17.6. The second-order valence-electron chi connectivity index (χ2n) is 16.6. The van der Waals surface area contributed by atoms with Crippen LogP contribution in [0, 0.1) is 5.92 Å². The van der Waals surface area contributed by atoms with Gasteiger partial charge in [-0.25, -0.2) is 9.98 Å². The van der Waals surface area contributed by atoms with Gasteiger partial charge in [-0.2, -0.15) is 0 Å². The molecule has 3 heterocycles. The summed E-state index contributed by atoms with van der Waals surface area (Å²) in [6, 6.07) is 70.5. The van der Waals surface area contributed by atoms with Gasteiger partial charge in [-0.15, -0.1) is 11.3 Å². The zero-order valence-electron chi connectivity index (χ0n) is 34.3. The Hall–Kier alpha value is -7.40. The van der Waals surface area contributed by atoms with E-state index in [1.165, 1.54) is 80.2 Å². The van der Waals surface area contributed by atoms with Crippen LogP contribution in [0.1, 0.15) is 35.6 Å². The first-order valence-electron chi connectivity index (χ1n) is 21.5. The lowest BCUT2D eigenvalue weighted by molar-refractivity contribution is 0.790. The molecule has 3 nitrogen and oxygen atoms in total. The minimum atomic E-state index is 0.152. The quantitative estimate of drug-likeness (QED) is 0.160. The van der Waals surface area contributed by atoms with Crippen molar-refractivity contribution in [2.45, 2.75) is 19.9 Å². The van der Waals surface area contributed by atoms with Gasteiger partial charge in [0.15, 0.2) is 5.84 Å². The number of aromatic nitrogens is 1. The SMILES string of the molecule is CC1C/C=C(\c2ccc3ccccc3c2)N=C(c2ccc(Cn3c4ccccc4c4cc5ccccc5cc43)c3sc4ccccc4c23)N=C1c1ccc(-c2ccccc2)cc1. The van der Waals surface area contributed by atoms with Crippen molar-refractivity contribution in [3.63, 3.8) is 0 Å². The zero-order valence-corrected chi connectivity index (χ0v) is 35.1. The van der Waals surface area contributed by atoms with Crippen LogP contribution in [0.15, 0.2) is 210 Å². The van der Waals surface area contributed by atoms with E-state index in [1.54, 1.807) is 0 Å². The molecule has 0 fully saturated rings. The summed E-state index contributed by atoms with van der Waals surface area (Å²) in [5, 5.41) is 9.94. The first kappa shape index (κ1) is 36.5. The van der Waals surface area contributed by atoms with Crippen LogP contribution in [-0.2, 0) is 6.54 Å². The fourth-order valence-electron chi connectivity index (χ4n) is 9.54. The molecule has 0 saturated carbocycles. The van der Waals surface area contributed by atoms with Gasteiger partial charge >= 0.3 is 0 Å². The minimum absolute atomic E-state index is 0.152. The van der Waals surface area contributed by atoms with Crippen LogP contribution < -0.4 is 0 Å². The van der Waals surface area contributed by atoms with E-state index in [2.05, 4.69) is 212 Å². The lowest BCUT2D eigenvalue weighted by atomic mass is 9.92. The maximum atomic E-state index is 5.68. The number of thiophene rings is 1. The molecule has 0 radical (unpaired) electrons. The van der Waals surface area contributed by atoms with Crippen molar-refractivity contribution in [3.05, 3.63) is 222 Å². The lowest BCUT2D eigenvalue weighted by Crippen LogP contribution is -2.17. The Labute approximate surface area is 364 Å². The minimum Gasteiger partial charge on any atom is -0.336 e. The van der Waals surface area contributed by atoms with Crippen LogP contribution in [0.4, 0.5) is 0 Å². The second kappa shape index (κ2) is 14.9. The van der Waals surface area contributed by atoms with Crippen molar-refractivity contribution < 1.29 is 0 Å². The summed E-state index contributed by atoms with van der Waals surface area (Å²) < 4.78 is 5.05. The summed E-state index contributed by atoms with van der Waals surface area (Å²) >= 11 is 1.88. The molecule has 0 spiro atoms. The molecule has 1 atom stereocenters. The fourth-order valence-corrected chi connectivity index (χ4v) is 10.8. The number of para-hydroxylation sites is 1. The van der Waals surface area contributed by atoms with Crippen LogP contribution in [-0.4, -0.2) is 16.1 Å². The highest BCUT2D eigenvalue weighted by Crippen LogP contribution is 2.41. The van der Waals surface area contributed by atoms with Crippen LogP contribution in [0.2, 0.25) is 0 Å². The van der Waals surface area contributed by atoms with E-state index >= 15 is 0 Å². The molecule has 0 N–H and O–H groups in total. The van der Waals surface area contributed by atoms with Crippen LogP contribution in [0.5, 0.6) is 0 Å². The van der Waals surface area contributed by atoms with Gasteiger partial charge in [0, 0.05) is 60.1 Å². The largest absolute Gasteiger partial charge is 0.336 e. The predicted molar refractivity (Wildman–Crippen MR) is 266 cm³/mol. The van der Waals surface area contributed by atoms with Crippen molar-refractivity contribution in [1.82, 2.24) is 4.57 Å². The molecule has 294 valence electrons. The lowest BCUT2D eigenvalue weighted by Gasteiger charge is -2.19. The Balaban J connectivity index is 1.06. The molecule has 1 aliphatic rings. The highest BCUT2D eigenvalue weighted by molar-refractivity contribution is 7.26. The van der Waals surface area contributed by atoms with Gasteiger partial charge < -0.3 is 4.57 Å². The molecule has 2 aromatic heterocycles. The molecular weight excluding hydrogens is 771 g/mol. The number of amidine groups is 1. The molecule has 11 aromatic rings. The molecule has 12 rings (SSSR count). The molecule has 1 unspecified atom stereocenters. The number of benzene rings is 9. The van der Waals surface area contributed by atoms with Gasteiger partial charge in [-0.3, -0.25) is 0 Å². The number of hydrogen-bond donors (Lipinski definition) is 0. The van der Waals surface area contributed by atoms with Crippen molar-refractivity contribution >= 4 is 92.1 Å². The summed E-state index contributed by atoms with van der Waals surface area (Å²) in [6.07, 6.45) is 3.15. The number of nitrogens with zero attached hydrogens (tertiary/aromatic N) is 3. The van der Waals surface area contributed by atoms with Gasteiger partial charge in [-0.1, -0.05) is 177 Å². The molecule has 9 aromatic carbocycles. The van der Waals surface area contributed by atoms with E-state index in [1.807, 2.05) is 11.3 Å². The summed E-state index contributed by atoms with van der Waals surface area (Å²) in [7, 11) is 0. The standard InChI is InChI=1S/C58H41N3S/c1-37-23-32-51(45-29-26-39-15-5-6-16-42(39)33-45)59-58(60-56(37)41-27-24-40(25-28-41)38-13-3-2-4-14-38)49-31-30-46(57-55(49)48-20-10-12-22-54(48)62-57)36-61-52-21-11-9-19-47(52)50-34-43-17-7-8-18-44(43)35-53(50)61/h2-22,24-35,37H,23,36H2,1H3/b51-32+,59-58?,60-56?. The third-order valence-corrected chi connectivity index (χ3v) is 14.0. The summed E-state index contributed by atoms with van der Waals surface area (Å²) in [6.45, 7) is 3.04. The van der Waals surface area contributed by atoms with E-state index in [0.29, 0.717) is 0 Å². The molecule has 62 heavy (non-hydrogen) atoms.